The van der Waals surface area contributed by atoms with E-state index >= 15 is 0 Å². The maximum absolute atomic E-state index is 6.00. The third-order valence-electron chi connectivity index (χ3n) is 4.48. The average Bonchev–Trinajstić information content (AvgIpc) is 3.14. The monoisotopic (exact) mass is 335 g/mol. The fraction of sp³-hybridized carbons (Fsp3) is 0.316. The van der Waals surface area contributed by atoms with Gasteiger partial charge in [0.25, 0.3) is 0 Å². The fourth-order valence-corrected chi connectivity index (χ4v) is 3.09. The number of aryl methyl sites for hydroxylation is 1. The summed E-state index contributed by atoms with van der Waals surface area (Å²) in [6.45, 7) is 2.17. The molecule has 2 aromatic heterocycles. The van der Waals surface area contributed by atoms with Gasteiger partial charge in [-0.1, -0.05) is 24.3 Å². The van der Waals surface area contributed by atoms with Crippen LogP contribution in [0.1, 0.15) is 23.4 Å². The van der Waals surface area contributed by atoms with Gasteiger partial charge in [0.1, 0.15) is 24.5 Å². The first-order chi connectivity index (χ1) is 12.4. The van der Waals surface area contributed by atoms with Crippen LogP contribution in [0.25, 0.3) is 0 Å². The Hall–Kier alpha value is -2.73. The molecule has 1 aliphatic rings. The van der Waals surface area contributed by atoms with E-state index in [9.17, 15) is 0 Å². The van der Waals surface area contributed by atoms with Crippen molar-refractivity contribution >= 4 is 0 Å². The van der Waals surface area contributed by atoms with Crippen LogP contribution in [0.5, 0.6) is 5.75 Å². The van der Waals surface area contributed by atoms with E-state index in [0.717, 1.165) is 48.6 Å². The summed E-state index contributed by atoms with van der Waals surface area (Å²) in [5.41, 5.74) is 2.23. The number of para-hydroxylation sites is 1. The van der Waals surface area contributed by atoms with Crippen LogP contribution in [0.4, 0.5) is 0 Å². The third kappa shape index (κ3) is 3.85. The minimum atomic E-state index is 0.403. The molecule has 0 bridgehead atoms. The maximum atomic E-state index is 6.00. The molecular weight excluding hydrogens is 314 g/mol. The lowest BCUT2D eigenvalue weighted by molar-refractivity contribution is 0.299. The molecule has 0 saturated heterocycles. The van der Waals surface area contributed by atoms with E-state index in [4.69, 9.17) is 4.74 Å². The van der Waals surface area contributed by atoms with E-state index in [1.165, 1.54) is 0 Å². The van der Waals surface area contributed by atoms with Gasteiger partial charge in [0.15, 0.2) is 0 Å². The molecule has 128 valence electrons. The normalized spacial score (nSPS) is 16.4. The van der Waals surface area contributed by atoms with Crippen molar-refractivity contribution in [2.24, 2.45) is 0 Å². The summed E-state index contributed by atoms with van der Waals surface area (Å²) in [6.07, 6.45) is 7.29. The number of nitrogens with zero attached hydrogens (tertiary/aromatic N) is 4. The number of fused-ring (bicyclic) bond motifs is 1. The van der Waals surface area contributed by atoms with Crippen molar-refractivity contribution in [2.75, 3.05) is 0 Å². The number of aromatic nitrogens is 4. The van der Waals surface area contributed by atoms with Gasteiger partial charge in [-0.3, -0.25) is 4.98 Å². The molecule has 25 heavy (non-hydrogen) atoms. The van der Waals surface area contributed by atoms with Crippen LogP contribution in [-0.2, 0) is 26.1 Å². The minimum Gasteiger partial charge on any atom is -0.489 e. The summed E-state index contributed by atoms with van der Waals surface area (Å²) >= 11 is 0. The molecule has 0 saturated carbocycles. The first-order valence-corrected chi connectivity index (χ1v) is 8.58. The van der Waals surface area contributed by atoms with Gasteiger partial charge in [-0.05, 0) is 18.6 Å². The quantitative estimate of drug-likeness (QED) is 0.749. The van der Waals surface area contributed by atoms with Crippen LogP contribution in [0.15, 0.2) is 55.1 Å². The SMILES string of the molecule is c1cncc(COc2ccccc2CN[C@H]2CCc3ncnn3C2)c1. The highest BCUT2D eigenvalue weighted by Gasteiger charge is 2.19. The van der Waals surface area contributed by atoms with E-state index in [1.54, 1.807) is 12.5 Å². The molecule has 3 heterocycles. The second kappa shape index (κ2) is 7.44. The molecule has 1 N–H and O–H groups in total. The van der Waals surface area contributed by atoms with Gasteiger partial charge in [-0.25, -0.2) is 9.67 Å². The molecule has 4 rings (SSSR count). The van der Waals surface area contributed by atoms with Gasteiger partial charge in [0.2, 0.25) is 0 Å². The summed E-state index contributed by atoms with van der Waals surface area (Å²) in [4.78, 5) is 8.40. The highest BCUT2D eigenvalue weighted by molar-refractivity contribution is 5.33. The summed E-state index contributed by atoms with van der Waals surface area (Å²) in [5, 5.41) is 7.90. The topological polar surface area (TPSA) is 64.9 Å². The van der Waals surface area contributed by atoms with Gasteiger partial charge in [-0.15, -0.1) is 0 Å². The van der Waals surface area contributed by atoms with Gasteiger partial charge in [0, 0.05) is 42.5 Å². The zero-order chi connectivity index (χ0) is 16.9. The van der Waals surface area contributed by atoms with Crippen LogP contribution in [0.3, 0.4) is 0 Å². The number of benzene rings is 1. The molecule has 0 spiro atoms. The molecule has 6 heteroatoms. The average molecular weight is 335 g/mol. The van der Waals surface area contributed by atoms with E-state index < -0.39 is 0 Å². The highest BCUT2D eigenvalue weighted by Crippen LogP contribution is 2.20. The molecular formula is C19H21N5O. The first-order valence-electron chi connectivity index (χ1n) is 8.58. The van der Waals surface area contributed by atoms with Crippen molar-refractivity contribution < 1.29 is 4.74 Å². The number of hydrogen-bond donors (Lipinski definition) is 1. The van der Waals surface area contributed by atoms with Crippen molar-refractivity contribution in [1.29, 1.82) is 0 Å². The van der Waals surface area contributed by atoms with Crippen molar-refractivity contribution in [3.8, 4) is 5.75 Å². The molecule has 1 aliphatic heterocycles. The Balaban J connectivity index is 1.36. The van der Waals surface area contributed by atoms with Gasteiger partial charge in [-0.2, -0.15) is 5.10 Å². The third-order valence-corrected chi connectivity index (χ3v) is 4.48. The fourth-order valence-electron chi connectivity index (χ4n) is 3.09. The Kier molecular flexibility index (Phi) is 4.70. The van der Waals surface area contributed by atoms with Crippen LogP contribution in [-0.4, -0.2) is 25.8 Å². The molecule has 0 amide bonds. The molecule has 1 aromatic carbocycles. The number of pyridine rings is 1. The van der Waals surface area contributed by atoms with Crippen LogP contribution in [0, 0.1) is 0 Å². The minimum absolute atomic E-state index is 0.403. The summed E-state index contributed by atoms with van der Waals surface area (Å²) < 4.78 is 7.99. The Morgan fingerprint density at radius 1 is 1.20 bits per heavy atom. The lowest BCUT2D eigenvalue weighted by Crippen LogP contribution is -2.37. The molecule has 0 radical (unpaired) electrons. The first kappa shape index (κ1) is 15.8. The van der Waals surface area contributed by atoms with Gasteiger partial charge in [0.05, 0.1) is 6.54 Å². The van der Waals surface area contributed by atoms with Crippen molar-refractivity contribution in [2.45, 2.75) is 38.6 Å². The van der Waals surface area contributed by atoms with E-state index in [0.29, 0.717) is 12.6 Å². The lowest BCUT2D eigenvalue weighted by atomic mass is 10.1. The predicted molar refractivity (Wildman–Crippen MR) is 94.0 cm³/mol. The Morgan fingerprint density at radius 2 is 2.16 bits per heavy atom. The van der Waals surface area contributed by atoms with Crippen LogP contribution < -0.4 is 10.1 Å². The van der Waals surface area contributed by atoms with Crippen molar-refractivity contribution in [3.63, 3.8) is 0 Å². The van der Waals surface area contributed by atoms with E-state index in [2.05, 4.69) is 26.4 Å². The second-order valence-electron chi connectivity index (χ2n) is 6.23. The van der Waals surface area contributed by atoms with Gasteiger partial charge >= 0.3 is 0 Å². The zero-order valence-corrected chi connectivity index (χ0v) is 14.0. The summed E-state index contributed by atoms with van der Waals surface area (Å²) in [7, 11) is 0. The predicted octanol–water partition coefficient (Wildman–Crippen LogP) is 2.36. The summed E-state index contributed by atoms with van der Waals surface area (Å²) in [5.74, 6) is 1.99. The van der Waals surface area contributed by atoms with E-state index in [-0.39, 0.29) is 0 Å². The van der Waals surface area contributed by atoms with Gasteiger partial charge < -0.3 is 10.1 Å². The number of nitrogens with one attached hydrogen (secondary N) is 1. The number of ether oxygens (including phenoxy) is 1. The Labute approximate surface area is 146 Å². The van der Waals surface area contributed by atoms with Crippen molar-refractivity contribution in [3.05, 3.63) is 72.1 Å². The summed E-state index contributed by atoms with van der Waals surface area (Å²) in [6, 6.07) is 12.5. The largest absolute Gasteiger partial charge is 0.489 e. The van der Waals surface area contributed by atoms with E-state index in [1.807, 2.05) is 41.2 Å². The highest BCUT2D eigenvalue weighted by atomic mass is 16.5. The van der Waals surface area contributed by atoms with Crippen LogP contribution >= 0.6 is 0 Å². The standard InChI is InChI=1S/C19H21N5O/c1-2-6-18(25-13-15-4-3-9-20-10-15)16(5-1)11-21-17-7-8-19-22-14-23-24(19)12-17/h1-6,9-10,14,17,21H,7-8,11-13H2/t17-/m0/s1. The second-order valence-corrected chi connectivity index (χ2v) is 6.23. The molecule has 3 aromatic rings. The molecule has 0 unspecified atom stereocenters. The molecule has 0 aliphatic carbocycles. The van der Waals surface area contributed by atoms with Crippen molar-refractivity contribution in [1.82, 2.24) is 25.1 Å². The lowest BCUT2D eigenvalue weighted by Gasteiger charge is -2.24. The number of hydrogen-bond acceptors (Lipinski definition) is 5. The smallest absolute Gasteiger partial charge is 0.138 e. The maximum Gasteiger partial charge on any atom is 0.138 e. The molecule has 1 atom stereocenters. The zero-order valence-electron chi connectivity index (χ0n) is 14.0. The number of rotatable bonds is 6. The Bertz CT molecular complexity index is 817. The molecule has 0 fully saturated rings. The molecule has 6 nitrogen and oxygen atoms in total. The van der Waals surface area contributed by atoms with Crippen LogP contribution in [0.2, 0.25) is 0 Å². The Morgan fingerprint density at radius 3 is 3.08 bits per heavy atom.